The number of hydrogen-bond donors (Lipinski definition) is 3. The van der Waals surface area contributed by atoms with Crippen LogP contribution in [-0.4, -0.2) is 59.5 Å². The fraction of sp³-hybridized carbons (Fsp3) is 0.346. The molecule has 2 aromatic carbocycles. The van der Waals surface area contributed by atoms with Crippen molar-refractivity contribution in [3.63, 3.8) is 0 Å². The van der Waals surface area contributed by atoms with Gasteiger partial charge in [-0.2, -0.15) is 0 Å². The molecule has 4 rings (SSSR count). The smallest absolute Gasteiger partial charge is 0.257 e. The molecule has 0 saturated carbocycles. The molecule has 2 amide bonds. The zero-order valence-electron chi connectivity index (χ0n) is 19.3. The topological polar surface area (TPSA) is 99.3 Å². The van der Waals surface area contributed by atoms with Crippen molar-refractivity contribution in [3.05, 3.63) is 83.4 Å². The molecule has 1 aliphatic rings. The summed E-state index contributed by atoms with van der Waals surface area (Å²) in [6.07, 6.45) is 6.04. The molecule has 2 heterocycles. The Kier molecular flexibility index (Phi) is 8.29. The maximum atomic E-state index is 12.4. The number of carbonyl (C=O) groups excluding carboxylic acids is 2. The average molecular weight is 462 g/mol. The molecule has 0 radical (unpaired) electrons. The Morgan fingerprint density at radius 2 is 1.94 bits per heavy atom. The van der Waals surface area contributed by atoms with Crippen molar-refractivity contribution in [2.24, 2.45) is 0 Å². The number of benzene rings is 2. The van der Waals surface area contributed by atoms with Gasteiger partial charge in [0.1, 0.15) is 5.75 Å². The number of imidazole rings is 1. The third kappa shape index (κ3) is 6.92. The van der Waals surface area contributed by atoms with Crippen LogP contribution in [0.1, 0.15) is 33.6 Å². The number of aromatic amines is 1. The lowest BCUT2D eigenvalue weighted by Crippen LogP contribution is -2.35. The van der Waals surface area contributed by atoms with E-state index in [2.05, 4.69) is 49.8 Å². The first-order valence-electron chi connectivity index (χ1n) is 11.7. The van der Waals surface area contributed by atoms with Crippen molar-refractivity contribution in [2.45, 2.75) is 25.8 Å². The summed E-state index contributed by atoms with van der Waals surface area (Å²) in [5.74, 6) is 0.130. The third-order valence-electron chi connectivity index (χ3n) is 5.87. The number of fused-ring (bicyclic) bond motifs is 1. The minimum absolute atomic E-state index is 0.0820. The first-order chi connectivity index (χ1) is 16.7. The molecule has 0 unspecified atom stereocenters. The molecule has 0 saturated heterocycles. The van der Waals surface area contributed by atoms with Crippen LogP contribution in [0.4, 0.5) is 0 Å². The second kappa shape index (κ2) is 12.0. The fourth-order valence-electron chi connectivity index (χ4n) is 4.04. The maximum Gasteiger partial charge on any atom is 0.257 e. The van der Waals surface area contributed by atoms with E-state index in [-0.39, 0.29) is 18.4 Å². The van der Waals surface area contributed by atoms with Gasteiger partial charge >= 0.3 is 0 Å². The van der Waals surface area contributed by atoms with Crippen LogP contribution in [0.15, 0.2) is 61.1 Å². The van der Waals surface area contributed by atoms with Crippen LogP contribution in [0.5, 0.6) is 5.75 Å². The van der Waals surface area contributed by atoms with E-state index in [1.165, 1.54) is 11.1 Å². The lowest BCUT2D eigenvalue weighted by atomic mass is 10.00. The molecule has 0 aliphatic carbocycles. The summed E-state index contributed by atoms with van der Waals surface area (Å²) in [6.45, 7) is 4.00. The molecule has 178 valence electrons. The van der Waals surface area contributed by atoms with E-state index in [0.29, 0.717) is 30.8 Å². The Morgan fingerprint density at radius 3 is 2.79 bits per heavy atom. The highest BCUT2D eigenvalue weighted by atomic mass is 16.5. The summed E-state index contributed by atoms with van der Waals surface area (Å²) in [5, 5.41) is 5.78. The number of hydrogen-bond acceptors (Lipinski definition) is 5. The van der Waals surface area contributed by atoms with Gasteiger partial charge in [0.2, 0.25) is 0 Å². The molecule has 1 aliphatic heterocycles. The highest BCUT2D eigenvalue weighted by molar-refractivity contribution is 5.94. The predicted octanol–water partition coefficient (Wildman–Crippen LogP) is 2.33. The Labute approximate surface area is 199 Å². The molecule has 0 spiro atoms. The van der Waals surface area contributed by atoms with Crippen molar-refractivity contribution in [2.75, 3.05) is 32.8 Å². The van der Waals surface area contributed by atoms with E-state index >= 15 is 0 Å². The van der Waals surface area contributed by atoms with Gasteiger partial charge in [0.05, 0.1) is 12.0 Å². The maximum absolute atomic E-state index is 12.4. The van der Waals surface area contributed by atoms with Gasteiger partial charge in [-0.15, -0.1) is 0 Å². The van der Waals surface area contributed by atoms with Crippen LogP contribution in [0, 0.1) is 0 Å². The Bertz CT molecular complexity index is 1080. The number of ether oxygens (including phenoxy) is 1. The molecule has 3 aromatic rings. The first-order valence-corrected chi connectivity index (χ1v) is 11.7. The standard InChI is InChI=1S/C26H31N5O3/c32-25(28-11-4-13-31-14-10-20-5-1-2-6-22(20)17-31)18-34-24-8-3-7-21(15-24)26(33)29-12-9-23-16-27-19-30-23/h1-3,5-8,15-16,19H,4,9-14,17-18H2,(H,27,30)(H,28,32)(H,29,33). The Hall–Kier alpha value is -3.65. The van der Waals surface area contributed by atoms with Crippen LogP contribution >= 0.6 is 0 Å². The molecule has 8 heteroatoms. The van der Waals surface area contributed by atoms with E-state index in [9.17, 15) is 9.59 Å². The molecule has 8 nitrogen and oxygen atoms in total. The van der Waals surface area contributed by atoms with Gasteiger partial charge in [0, 0.05) is 50.9 Å². The van der Waals surface area contributed by atoms with Crippen LogP contribution in [0.25, 0.3) is 0 Å². The first kappa shape index (κ1) is 23.5. The number of nitrogens with one attached hydrogen (secondary N) is 3. The molecule has 34 heavy (non-hydrogen) atoms. The summed E-state index contributed by atoms with van der Waals surface area (Å²) in [7, 11) is 0. The number of H-pyrrole nitrogens is 1. The van der Waals surface area contributed by atoms with Crippen LogP contribution < -0.4 is 15.4 Å². The second-order valence-electron chi connectivity index (χ2n) is 8.38. The quantitative estimate of drug-likeness (QED) is 0.381. The van der Waals surface area contributed by atoms with Gasteiger partial charge in [-0.1, -0.05) is 30.3 Å². The molecule has 3 N–H and O–H groups in total. The molecular formula is C26H31N5O3. The van der Waals surface area contributed by atoms with Gasteiger partial charge < -0.3 is 20.4 Å². The van der Waals surface area contributed by atoms with Gasteiger partial charge in [-0.05, 0) is 42.2 Å². The summed E-state index contributed by atoms with van der Waals surface area (Å²) in [4.78, 5) is 34.0. The van der Waals surface area contributed by atoms with Crippen LogP contribution in [-0.2, 0) is 24.2 Å². The summed E-state index contributed by atoms with van der Waals surface area (Å²) < 4.78 is 5.59. The number of aromatic nitrogens is 2. The number of amides is 2. The van der Waals surface area contributed by atoms with E-state index in [1.54, 1.807) is 36.8 Å². The van der Waals surface area contributed by atoms with Gasteiger partial charge in [0.25, 0.3) is 11.8 Å². The van der Waals surface area contributed by atoms with Gasteiger partial charge in [-0.25, -0.2) is 4.98 Å². The highest BCUT2D eigenvalue weighted by Gasteiger charge is 2.15. The molecule has 0 fully saturated rings. The molecule has 0 atom stereocenters. The Morgan fingerprint density at radius 1 is 1.06 bits per heavy atom. The van der Waals surface area contributed by atoms with E-state index in [0.717, 1.165) is 38.2 Å². The van der Waals surface area contributed by atoms with Gasteiger partial charge in [0.15, 0.2) is 6.61 Å². The number of rotatable bonds is 11. The molecular weight excluding hydrogens is 430 g/mol. The average Bonchev–Trinajstić information content (AvgIpc) is 3.39. The summed E-state index contributed by atoms with van der Waals surface area (Å²) in [6, 6.07) is 15.4. The van der Waals surface area contributed by atoms with Crippen LogP contribution in [0.3, 0.4) is 0 Å². The summed E-state index contributed by atoms with van der Waals surface area (Å²) >= 11 is 0. The fourth-order valence-corrected chi connectivity index (χ4v) is 4.04. The third-order valence-corrected chi connectivity index (χ3v) is 5.87. The van der Waals surface area contributed by atoms with Crippen molar-refractivity contribution >= 4 is 11.8 Å². The number of carbonyl (C=O) groups is 2. The predicted molar refractivity (Wildman–Crippen MR) is 130 cm³/mol. The zero-order chi connectivity index (χ0) is 23.6. The van der Waals surface area contributed by atoms with Crippen LogP contribution in [0.2, 0.25) is 0 Å². The van der Waals surface area contributed by atoms with Crippen molar-refractivity contribution < 1.29 is 14.3 Å². The van der Waals surface area contributed by atoms with Crippen molar-refractivity contribution in [1.82, 2.24) is 25.5 Å². The molecule has 0 bridgehead atoms. The normalized spacial score (nSPS) is 13.2. The second-order valence-corrected chi connectivity index (χ2v) is 8.38. The van der Waals surface area contributed by atoms with Gasteiger partial charge in [-0.3, -0.25) is 14.5 Å². The van der Waals surface area contributed by atoms with E-state index in [1.807, 2.05) is 0 Å². The van der Waals surface area contributed by atoms with E-state index < -0.39 is 0 Å². The lowest BCUT2D eigenvalue weighted by molar-refractivity contribution is -0.123. The minimum atomic E-state index is -0.189. The van der Waals surface area contributed by atoms with Crippen molar-refractivity contribution in [1.29, 1.82) is 0 Å². The van der Waals surface area contributed by atoms with E-state index in [4.69, 9.17) is 4.74 Å². The summed E-state index contributed by atoms with van der Waals surface area (Å²) in [5.41, 5.74) is 4.23. The zero-order valence-corrected chi connectivity index (χ0v) is 19.3. The monoisotopic (exact) mass is 461 g/mol. The largest absolute Gasteiger partial charge is 0.484 e. The van der Waals surface area contributed by atoms with Crippen molar-refractivity contribution in [3.8, 4) is 5.75 Å². The SMILES string of the molecule is O=C(COc1cccc(C(=O)NCCc2c[nH]cn2)c1)NCCCN1CCc2ccccc2C1. The Balaban J connectivity index is 1.12. The highest BCUT2D eigenvalue weighted by Crippen LogP contribution is 2.18. The lowest BCUT2D eigenvalue weighted by Gasteiger charge is -2.28. The number of nitrogens with zero attached hydrogens (tertiary/aromatic N) is 2. The molecule has 1 aromatic heterocycles. The minimum Gasteiger partial charge on any atom is -0.484 e.